The van der Waals surface area contributed by atoms with Crippen LogP contribution in [-0.2, 0) is 10.8 Å². The van der Waals surface area contributed by atoms with Crippen LogP contribution in [0.3, 0.4) is 0 Å². The second kappa shape index (κ2) is 8.07. The Morgan fingerprint density at radius 2 is 1.25 bits per heavy atom. The fourth-order valence-electron chi connectivity index (χ4n) is 4.54. The second-order valence-corrected chi connectivity index (χ2v) is 11.6. The van der Waals surface area contributed by atoms with E-state index < -0.39 is 0 Å². The molecule has 1 radical (unpaired) electrons. The third-order valence-electron chi connectivity index (χ3n) is 6.61. The van der Waals surface area contributed by atoms with Gasteiger partial charge in [-0.1, -0.05) is 116 Å². The molecule has 0 amide bonds. The molecule has 0 bridgehead atoms. The van der Waals surface area contributed by atoms with E-state index in [9.17, 15) is 0 Å². The summed E-state index contributed by atoms with van der Waals surface area (Å²) in [5.74, 6) is 0.459. The van der Waals surface area contributed by atoms with Gasteiger partial charge in [0.25, 0.3) is 0 Å². The van der Waals surface area contributed by atoms with Gasteiger partial charge in [0.1, 0.15) is 0 Å². The van der Waals surface area contributed by atoms with Crippen molar-refractivity contribution in [3.8, 4) is 11.1 Å². The largest absolute Gasteiger partial charge is 0.0622 e. The van der Waals surface area contributed by atoms with Crippen molar-refractivity contribution in [1.29, 1.82) is 0 Å². The topological polar surface area (TPSA) is 0 Å². The van der Waals surface area contributed by atoms with Gasteiger partial charge in [-0.05, 0) is 72.9 Å². The smallest absolute Gasteiger partial charge is 0.0211 e. The van der Waals surface area contributed by atoms with Crippen LogP contribution in [0.5, 0.6) is 0 Å². The molecule has 0 atom stereocenters. The van der Waals surface area contributed by atoms with Crippen molar-refractivity contribution in [2.75, 3.05) is 0 Å². The number of rotatable bonds is 3. The lowest BCUT2D eigenvalue weighted by molar-refractivity contribution is 0.569. The average molecular weight is 422 g/mol. The predicted octanol–water partition coefficient (Wildman–Crippen LogP) is 9.18. The molecule has 3 aromatic carbocycles. The van der Waals surface area contributed by atoms with E-state index in [-0.39, 0.29) is 10.8 Å². The lowest BCUT2D eigenvalue weighted by Crippen LogP contribution is -2.16. The minimum atomic E-state index is 0.100. The first-order valence-corrected chi connectivity index (χ1v) is 11.9. The molecular formula is C32H37. The Balaban J connectivity index is 1.99. The molecule has 0 spiro atoms. The number of allylic oxidation sites excluding steroid dienone is 1. The summed E-state index contributed by atoms with van der Waals surface area (Å²) < 4.78 is 0. The molecule has 3 aromatic rings. The quantitative estimate of drug-likeness (QED) is 0.395. The van der Waals surface area contributed by atoms with Crippen molar-refractivity contribution >= 4 is 11.6 Å². The van der Waals surface area contributed by atoms with E-state index in [4.69, 9.17) is 0 Å². The number of fused-ring (bicyclic) bond motifs is 1. The third-order valence-corrected chi connectivity index (χ3v) is 6.61. The molecule has 0 heteroatoms. The standard InChI is InChI=1S/C32H37/c1-21(2)28-15-14-23-16-24(22-12-10-9-11-13-22)19-29(23)30(28)25-17-26(31(3,4)5)20-27(18-25)32(6,7)8/h9-21H,1-8H3. The summed E-state index contributed by atoms with van der Waals surface area (Å²) in [4.78, 5) is 0. The second-order valence-electron chi connectivity index (χ2n) is 11.6. The maximum atomic E-state index is 2.44. The fourth-order valence-corrected chi connectivity index (χ4v) is 4.54. The lowest BCUT2D eigenvalue weighted by Gasteiger charge is -2.27. The highest BCUT2D eigenvalue weighted by Crippen LogP contribution is 2.44. The molecular weight excluding hydrogens is 384 g/mol. The van der Waals surface area contributed by atoms with Crippen LogP contribution in [-0.4, -0.2) is 0 Å². The highest BCUT2D eigenvalue weighted by atomic mass is 14.3. The minimum Gasteiger partial charge on any atom is -0.0622 e. The van der Waals surface area contributed by atoms with Gasteiger partial charge in [0, 0.05) is 6.42 Å². The highest BCUT2D eigenvalue weighted by Gasteiger charge is 2.25. The van der Waals surface area contributed by atoms with Crippen LogP contribution in [0.2, 0.25) is 0 Å². The summed E-state index contributed by atoms with van der Waals surface area (Å²) in [5.41, 5.74) is 12.4. The summed E-state index contributed by atoms with van der Waals surface area (Å²) in [6, 6.07) is 22.7. The molecule has 0 heterocycles. The molecule has 0 nitrogen and oxygen atoms in total. The Bertz CT molecular complexity index is 1130. The van der Waals surface area contributed by atoms with E-state index in [2.05, 4.69) is 129 Å². The molecule has 165 valence electrons. The van der Waals surface area contributed by atoms with Crippen molar-refractivity contribution in [2.45, 2.75) is 72.1 Å². The zero-order chi connectivity index (χ0) is 23.3. The van der Waals surface area contributed by atoms with Crippen LogP contribution in [0.15, 0.2) is 60.7 Å². The average Bonchev–Trinajstić information content (AvgIpc) is 3.16. The van der Waals surface area contributed by atoms with Gasteiger partial charge in [0.2, 0.25) is 0 Å². The van der Waals surface area contributed by atoms with E-state index in [1.54, 1.807) is 0 Å². The fraction of sp³-hybridized carbons (Fsp3) is 0.344. The molecule has 4 rings (SSSR count). The number of hydrogen-bond donors (Lipinski definition) is 0. The van der Waals surface area contributed by atoms with Gasteiger partial charge < -0.3 is 0 Å². The van der Waals surface area contributed by atoms with E-state index in [1.165, 1.54) is 50.1 Å². The van der Waals surface area contributed by atoms with Crippen LogP contribution >= 0.6 is 0 Å². The molecule has 1 aliphatic carbocycles. The Morgan fingerprint density at radius 3 is 1.78 bits per heavy atom. The first-order chi connectivity index (χ1) is 14.9. The Kier molecular flexibility index (Phi) is 5.70. The van der Waals surface area contributed by atoms with Gasteiger partial charge >= 0.3 is 0 Å². The van der Waals surface area contributed by atoms with Crippen molar-refractivity contribution in [1.82, 2.24) is 0 Å². The molecule has 0 fully saturated rings. The normalized spacial score (nSPS) is 14.0. The molecule has 0 saturated heterocycles. The Morgan fingerprint density at radius 1 is 0.656 bits per heavy atom. The molecule has 0 aromatic heterocycles. The maximum absolute atomic E-state index is 2.44. The summed E-state index contributed by atoms with van der Waals surface area (Å²) in [6.07, 6.45) is 4.74. The van der Waals surface area contributed by atoms with Crippen molar-refractivity contribution in [3.05, 3.63) is 100 Å². The zero-order valence-electron chi connectivity index (χ0n) is 21.0. The SMILES string of the molecule is CC(C)c1ccc2c(c1-c1cc(C(C)(C)C)cc(C(C)(C)C)c1)C=C(c1ccccc1)[CH]2. The van der Waals surface area contributed by atoms with Gasteiger partial charge in [-0.25, -0.2) is 0 Å². The number of benzene rings is 3. The lowest BCUT2D eigenvalue weighted by atomic mass is 9.77. The van der Waals surface area contributed by atoms with Crippen LogP contribution in [0.25, 0.3) is 22.8 Å². The van der Waals surface area contributed by atoms with Gasteiger partial charge in [0.05, 0.1) is 0 Å². The van der Waals surface area contributed by atoms with Crippen molar-refractivity contribution in [3.63, 3.8) is 0 Å². The third kappa shape index (κ3) is 4.33. The first kappa shape index (κ1) is 22.6. The van der Waals surface area contributed by atoms with Crippen molar-refractivity contribution in [2.24, 2.45) is 0 Å². The molecule has 0 unspecified atom stereocenters. The predicted molar refractivity (Wildman–Crippen MR) is 141 cm³/mol. The van der Waals surface area contributed by atoms with Gasteiger partial charge in [-0.2, -0.15) is 0 Å². The van der Waals surface area contributed by atoms with E-state index in [0.717, 1.165) is 0 Å². The van der Waals surface area contributed by atoms with Crippen LogP contribution in [0.1, 0.15) is 94.7 Å². The zero-order valence-corrected chi connectivity index (χ0v) is 21.0. The Labute approximate surface area is 195 Å². The van der Waals surface area contributed by atoms with Gasteiger partial charge in [-0.15, -0.1) is 0 Å². The van der Waals surface area contributed by atoms with Crippen molar-refractivity contribution < 1.29 is 0 Å². The monoisotopic (exact) mass is 421 g/mol. The summed E-state index contributed by atoms with van der Waals surface area (Å²) in [6.45, 7) is 18.5. The summed E-state index contributed by atoms with van der Waals surface area (Å²) in [5, 5.41) is 0. The molecule has 0 aliphatic heterocycles. The maximum Gasteiger partial charge on any atom is 0.0211 e. The van der Waals surface area contributed by atoms with Crippen LogP contribution in [0.4, 0.5) is 0 Å². The summed E-state index contributed by atoms with van der Waals surface area (Å²) >= 11 is 0. The van der Waals surface area contributed by atoms with Crippen LogP contribution < -0.4 is 0 Å². The molecule has 1 aliphatic rings. The number of hydrogen-bond acceptors (Lipinski definition) is 0. The molecule has 32 heavy (non-hydrogen) atoms. The Hall–Kier alpha value is -2.60. The molecule has 0 saturated carbocycles. The van der Waals surface area contributed by atoms with Gasteiger partial charge in [0.15, 0.2) is 0 Å². The van der Waals surface area contributed by atoms with E-state index in [1.807, 2.05) is 0 Å². The highest BCUT2D eigenvalue weighted by molar-refractivity contribution is 5.99. The van der Waals surface area contributed by atoms with Gasteiger partial charge in [-0.3, -0.25) is 0 Å². The van der Waals surface area contributed by atoms with Crippen LogP contribution in [0, 0.1) is 6.42 Å². The first-order valence-electron chi connectivity index (χ1n) is 11.9. The van der Waals surface area contributed by atoms with E-state index >= 15 is 0 Å². The summed E-state index contributed by atoms with van der Waals surface area (Å²) in [7, 11) is 0. The minimum absolute atomic E-state index is 0.100. The molecule has 0 N–H and O–H groups in total. The van der Waals surface area contributed by atoms with E-state index in [0.29, 0.717) is 5.92 Å².